The summed E-state index contributed by atoms with van der Waals surface area (Å²) in [5.74, 6) is 0.283. The monoisotopic (exact) mass is 402 g/mol. The van der Waals surface area contributed by atoms with Crippen molar-refractivity contribution in [3.63, 3.8) is 0 Å². The molecule has 1 aliphatic heterocycles. The second-order valence-electron chi connectivity index (χ2n) is 7.15. The minimum Gasteiger partial charge on any atom is -0.495 e. The summed E-state index contributed by atoms with van der Waals surface area (Å²) < 4.78 is 33.1. The molecule has 0 radical (unpaired) electrons. The van der Waals surface area contributed by atoms with Crippen molar-refractivity contribution in [3.8, 4) is 5.75 Å². The number of carbonyl (C=O) groups excluding carboxylic acids is 1. The summed E-state index contributed by atoms with van der Waals surface area (Å²) in [6, 6.07) is 10.9. The Kier molecular flexibility index (Phi) is 5.76. The molecule has 1 aliphatic rings. The average molecular weight is 403 g/mol. The zero-order valence-corrected chi connectivity index (χ0v) is 17.5. The number of hydrogen-bond donors (Lipinski definition) is 0. The van der Waals surface area contributed by atoms with E-state index in [2.05, 4.69) is 0 Å². The van der Waals surface area contributed by atoms with E-state index in [1.165, 1.54) is 11.4 Å². The molecule has 1 saturated heterocycles. The van der Waals surface area contributed by atoms with E-state index in [1.54, 1.807) is 23.1 Å². The van der Waals surface area contributed by atoms with Gasteiger partial charge in [0.2, 0.25) is 10.0 Å². The zero-order valence-electron chi connectivity index (χ0n) is 16.7. The number of amides is 1. The molecule has 2 aromatic carbocycles. The van der Waals surface area contributed by atoms with Crippen LogP contribution in [-0.2, 0) is 10.0 Å². The highest BCUT2D eigenvalue weighted by Gasteiger charge is 2.32. The highest BCUT2D eigenvalue weighted by Crippen LogP contribution is 2.30. The Morgan fingerprint density at radius 2 is 1.61 bits per heavy atom. The first-order valence-corrected chi connectivity index (χ1v) is 10.7. The zero-order chi connectivity index (χ0) is 20.5. The van der Waals surface area contributed by atoms with Gasteiger partial charge in [0, 0.05) is 31.7 Å². The van der Waals surface area contributed by atoms with Crippen LogP contribution in [0.15, 0.2) is 41.3 Å². The molecule has 1 heterocycles. The molecule has 0 N–H and O–H groups in total. The van der Waals surface area contributed by atoms with Gasteiger partial charge in [-0.05, 0) is 56.2 Å². The van der Waals surface area contributed by atoms with Gasteiger partial charge in [-0.2, -0.15) is 4.31 Å². The fraction of sp³-hybridized carbons (Fsp3) is 0.381. The Morgan fingerprint density at radius 3 is 2.21 bits per heavy atom. The molecule has 0 saturated carbocycles. The second-order valence-corrected chi connectivity index (χ2v) is 9.06. The SMILES string of the molecule is COc1cc(C)c(C)cc1S(=O)(=O)N1CCN(C(=O)c2cccc(C)c2)CC1. The Labute approximate surface area is 166 Å². The van der Waals surface area contributed by atoms with Gasteiger partial charge in [0.1, 0.15) is 10.6 Å². The third-order valence-corrected chi connectivity index (χ3v) is 7.11. The molecule has 0 bridgehead atoms. The lowest BCUT2D eigenvalue weighted by atomic mass is 10.1. The highest BCUT2D eigenvalue weighted by molar-refractivity contribution is 7.89. The van der Waals surface area contributed by atoms with E-state index >= 15 is 0 Å². The molecule has 0 spiro atoms. The summed E-state index contributed by atoms with van der Waals surface area (Å²) in [5, 5.41) is 0. The van der Waals surface area contributed by atoms with E-state index in [4.69, 9.17) is 4.74 Å². The van der Waals surface area contributed by atoms with Crippen LogP contribution in [0.1, 0.15) is 27.0 Å². The van der Waals surface area contributed by atoms with Crippen molar-refractivity contribution >= 4 is 15.9 Å². The maximum atomic E-state index is 13.2. The van der Waals surface area contributed by atoms with Gasteiger partial charge in [0.15, 0.2) is 0 Å². The number of benzene rings is 2. The van der Waals surface area contributed by atoms with Gasteiger partial charge in [-0.3, -0.25) is 4.79 Å². The summed E-state index contributed by atoms with van der Waals surface area (Å²) in [4.78, 5) is 14.6. The van der Waals surface area contributed by atoms with Crippen LogP contribution in [0.3, 0.4) is 0 Å². The van der Waals surface area contributed by atoms with Crippen LogP contribution in [0.5, 0.6) is 5.75 Å². The van der Waals surface area contributed by atoms with Crippen LogP contribution in [0.4, 0.5) is 0 Å². The number of aryl methyl sites for hydroxylation is 3. The highest BCUT2D eigenvalue weighted by atomic mass is 32.2. The Morgan fingerprint density at radius 1 is 0.964 bits per heavy atom. The van der Waals surface area contributed by atoms with E-state index in [0.717, 1.165) is 16.7 Å². The van der Waals surface area contributed by atoms with Gasteiger partial charge in [0.25, 0.3) is 5.91 Å². The number of methoxy groups -OCH3 is 1. The van der Waals surface area contributed by atoms with Crippen LogP contribution in [0.25, 0.3) is 0 Å². The summed E-state index contributed by atoms with van der Waals surface area (Å²) in [7, 11) is -2.22. The predicted octanol–water partition coefficient (Wildman–Crippen LogP) is 2.77. The second kappa shape index (κ2) is 7.93. The molecule has 2 aromatic rings. The van der Waals surface area contributed by atoms with Crippen molar-refractivity contribution in [1.82, 2.24) is 9.21 Å². The number of sulfonamides is 1. The molecule has 0 aromatic heterocycles. The number of ether oxygens (including phenoxy) is 1. The summed E-state index contributed by atoms with van der Waals surface area (Å²) in [5.41, 5.74) is 3.53. The van der Waals surface area contributed by atoms with Gasteiger partial charge in [-0.1, -0.05) is 17.7 Å². The Balaban J connectivity index is 1.77. The molecule has 150 valence electrons. The van der Waals surface area contributed by atoms with Gasteiger partial charge in [-0.25, -0.2) is 8.42 Å². The molecule has 1 fully saturated rings. The lowest BCUT2D eigenvalue weighted by molar-refractivity contribution is 0.0697. The molecular weight excluding hydrogens is 376 g/mol. The fourth-order valence-electron chi connectivity index (χ4n) is 3.36. The van der Waals surface area contributed by atoms with E-state index in [0.29, 0.717) is 24.4 Å². The molecular formula is C21H26N2O4S. The largest absolute Gasteiger partial charge is 0.495 e. The molecule has 1 amide bonds. The van der Waals surface area contributed by atoms with Crippen molar-refractivity contribution in [2.75, 3.05) is 33.3 Å². The van der Waals surface area contributed by atoms with Crippen molar-refractivity contribution in [2.24, 2.45) is 0 Å². The molecule has 0 atom stereocenters. The minimum absolute atomic E-state index is 0.0653. The molecule has 3 rings (SSSR count). The lowest BCUT2D eigenvalue weighted by Crippen LogP contribution is -2.50. The van der Waals surface area contributed by atoms with Crippen molar-refractivity contribution in [2.45, 2.75) is 25.7 Å². The van der Waals surface area contributed by atoms with Gasteiger partial charge >= 0.3 is 0 Å². The van der Waals surface area contributed by atoms with E-state index < -0.39 is 10.0 Å². The summed E-state index contributed by atoms with van der Waals surface area (Å²) >= 11 is 0. The number of hydrogen-bond acceptors (Lipinski definition) is 4. The molecule has 28 heavy (non-hydrogen) atoms. The van der Waals surface area contributed by atoms with Crippen LogP contribution < -0.4 is 4.74 Å². The number of nitrogens with zero attached hydrogens (tertiary/aromatic N) is 2. The average Bonchev–Trinajstić information content (AvgIpc) is 2.69. The predicted molar refractivity (Wildman–Crippen MR) is 108 cm³/mol. The third kappa shape index (κ3) is 3.91. The van der Waals surface area contributed by atoms with Crippen molar-refractivity contribution < 1.29 is 17.9 Å². The summed E-state index contributed by atoms with van der Waals surface area (Å²) in [6.07, 6.45) is 0. The van der Waals surface area contributed by atoms with Gasteiger partial charge in [-0.15, -0.1) is 0 Å². The van der Waals surface area contributed by atoms with Crippen LogP contribution in [0, 0.1) is 20.8 Å². The lowest BCUT2D eigenvalue weighted by Gasteiger charge is -2.34. The van der Waals surface area contributed by atoms with Crippen LogP contribution >= 0.6 is 0 Å². The van der Waals surface area contributed by atoms with E-state index in [1.807, 2.05) is 39.0 Å². The number of piperazine rings is 1. The first-order valence-electron chi connectivity index (χ1n) is 9.25. The van der Waals surface area contributed by atoms with Gasteiger partial charge in [0.05, 0.1) is 7.11 Å². The number of rotatable bonds is 4. The first-order chi connectivity index (χ1) is 13.2. The molecule has 0 aliphatic carbocycles. The smallest absolute Gasteiger partial charge is 0.253 e. The van der Waals surface area contributed by atoms with E-state index in [9.17, 15) is 13.2 Å². The maximum absolute atomic E-state index is 13.2. The van der Waals surface area contributed by atoms with Gasteiger partial charge < -0.3 is 9.64 Å². The first kappa shape index (κ1) is 20.4. The van der Waals surface area contributed by atoms with Crippen molar-refractivity contribution in [3.05, 3.63) is 58.7 Å². The molecule has 6 nitrogen and oxygen atoms in total. The molecule has 0 unspecified atom stereocenters. The minimum atomic E-state index is -3.69. The van der Waals surface area contributed by atoms with E-state index in [-0.39, 0.29) is 23.9 Å². The maximum Gasteiger partial charge on any atom is 0.253 e. The fourth-order valence-corrected chi connectivity index (χ4v) is 5.00. The topological polar surface area (TPSA) is 66.9 Å². The van der Waals surface area contributed by atoms with Crippen molar-refractivity contribution in [1.29, 1.82) is 0 Å². The Bertz CT molecular complexity index is 993. The van der Waals surface area contributed by atoms with Crippen LogP contribution in [0.2, 0.25) is 0 Å². The normalized spacial score (nSPS) is 15.5. The molecule has 7 heteroatoms. The number of carbonyl (C=O) groups is 1. The summed E-state index contributed by atoms with van der Waals surface area (Å²) in [6.45, 7) is 6.98. The third-order valence-electron chi connectivity index (χ3n) is 5.19. The van der Waals surface area contributed by atoms with Crippen LogP contribution in [-0.4, -0.2) is 56.8 Å². The Hall–Kier alpha value is -2.38. The standard InChI is InChI=1S/C21H26N2O4S/c1-15-6-5-7-18(12-15)21(24)22-8-10-23(11-9-22)28(25,26)20-14-17(3)16(2)13-19(20)27-4/h5-7,12-14H,8-11H2,1-4H3. The quantitative estimate of drug-likeness (QED) is 0.789.